The molecule has 1 aromatic heterocycles. The van der Waals surface area contributed by atoms with E-state index in [1.165, 1.54) is 5.56 Å². The number of carbonyl (C=O) groups excluding carboxylic acids is 1. The van der Waals surface area contributed by atoms with E-state index in [2.05, 4.69) is 26.1 Å². The lowest BCUT2D eigenvalue weighted by molar-refractivity contribution is -0.121. The van der Waals surface area contributed by atoms with E-state index < -0.39 is 11.3 Å². The first kappa shape index (κ1) is 22.7. The number of amides is 1. The first-order valence-electron chi connectivity index (χ1n) is 10.3. The largest absolute Gasteiger partial charge is 0.755 e. The van der Waals surface area contributed by atoms with Gasteiger partial charge in [-0.1, -0.05) is 48.9 Å². The number of aromatic amines is 1. The molecule has 1 heterocycles. The highest BCUT2D eigenvalue weighted by Gasteiger charge is 2.18. The van der Waals surface area contributed by atoms with Crippen LogP contribution in [0.1, 0.15) is 47.6 Å². The molecule has 2 aromatic carbocycles. The van der Waals surface area contributed by atoms with Gasteiger partial charge < -0.3 is 19.6 Å². The highest BCUT2D eigenvalue weighted by Crippen LogP contribution is 2.19. The van der Waals surface area contributed by atoms with Crippen molar-refractivity contribution in [3.8, 4) is 0 Å². The van der Waals surface area contributed by atoms with E-state index in [0.717, 1.165) is 23.2 Å². The summed E-state index contributed by atoms with van der Waals surface area (Å²) in [6, 6.07) is 14.9. The Kier molecular flexibility index (Phi) is 7.97. The van der Waals surface area contributed by atoms with E-state index in [1.807, 2.05) is 44.2 Å². The minimum absolute atomic E-state index is 0.0407. The molecule has 3 rings (SSSR count). The van der Waals surface area contributed by atoms with Crippen LogP contribution in [0.4, 0.5) is 5.69 Å². The number of hydrogen-bond donors (Lipinski definition) is 3. The maximum Gasteiger partial charge on any atom is 0.220 e. The summed E-state index contributed by atoms with van der Waals surface area (Å²) in [5.74, 6) is 0.671. The molecule has 164 valence electrons. The number of benzene rings is 2. The van der Waals surface area contributed by atoms with Gasteiger partial charge in [0, 0.05) is 35.3 Å². The zero-order valence-electron chi connectivity index (χ0n) is 17.7. The van der Waals surface area contributed by atoms with Gasteiger partial charge in [-0.25, -0.2) is 4.98 Å². The Bertz CT molecular complexity index is 1030. The summed E-state index contributed by atoms with van der Waals surface area (Å²) in [7, 11) is 0. The fourth-order valence-corrected chi connectivity index (χ4v) is 3.71. The number of imidazole rings is 1. The second kappa shape index (κ2) is 10.9. The van der Waals surface area contributed by atoms with Gasteiger partial charge in [0.25, 0.3) is 0 Å². The number of H-pyrrole nitrogens is 1. The molecule has 3 aromatic rings. The van der Waals surface area contributed by atoms with Crippen LogP contribution >= 0.6 is 0 Å². The van der Waals surface area contributed by atoms with Gasteiger partial charge in [0.05, 0.1) is 6.04 Å². The van der Waals surface area contributed by atoms with Crippen LogP contribution < -0.4 is 10.0 Å². The third-order valence-electron chi connectivity index (χ3n) is 5.01. The summed E-state index contributed by atoms with van der Waals surface area (Å²) in [6.45, 7) is 4.08. The summed E-state index contributed by atoms with van der Waals surface area (Å²) in [5, 5.41) is 3.10. The Hall–Kier alpha value is -2.97. The predicted molar refractivity (Wildman–Crippen MR) is 121 cm³/mol. The normalized spacial score (nSPS) is 12.9. The third-order valence-corrected chi connectivity index (χ3v) is 5.41. The van der Waals surface area contributed by atoms with Crippen molar-refractivity contribution in [3.63, 3.8) is 0 Å². The van der Waals surface area contributed by atoms with Crippen LogP contribution in [0.3, 0.4) is 0 Å². The summed E-state index contributed by atoms with van der Waals surface area (Å²) < 4.78 is 23.9. The molecule has 0 radical (unpaired) electrons. The molecular weight excluding hydrogens is 412 g/mol. The Morgan fingerprint density at radius 2 is 1.97 bits per heavy atom. The number of hydrogen-bond acceptors (Lipinski definition) is 4. The second-order valence-corrected chi connectivity index (χ2v) is 8.17. The Morgan fingerprint density at radius 1 is 1.19 bits per heavy atom. The molecule has 1 amide bonds. The van der Waals surface area contributed by atoms with Crippen LogP contribution in [0.5, 0.6) is 0 Å². The van der Waals surface area contributed by atoms with Crippen molar-refractivity contribution >= 4 is 22.9 Å². The van der Waals surface area contributed by atoms with Gasteiger partial charge in [-0.15, -0.1) is 0 Å². The fraction of sp³-hybridized carbons (Fsp3) is 0.304. The Balaban J connectivity index is 1.68. The van der Waals surface area contributed by atoms with Crippen molar-refractivity contribution in [2.75, 3.05) is 4.72 Å². The van der Waals surface area contributed by atoms with Crippen LogP contribution in [0.15, 0.2) is 54.7 Å². The van der Waals surface area contributed by atoms with Crippen LogP contribution in [0, 0.1) is 6.92 Å². The molecule has 0 saturated heterocycles. The molecule has 0 aliphatic carbocycles. The minimum atomic E-state index is -2.36. The van der Waals surface area contributed by atoms with Gasteiger partial charge in [-0.05, 0) is 49.4 Å². The van der Waals surface area contributed by atoms with Gasteiger partial charge in [0.1, 0.15) is 5.82 Å². The number of nitrogens with zero attached hydrogens (tertiary/aromatic N) is 1. The molecule has 0 aliphatic rings. The minimum Gasteiger partial charge on any atom is -0.755 e. The summed E-state index contributed by atoms with van der Waals surface area (Å²) in [6.07, 6.45) is 4.21. The maximum absolute atomic E-state index is 12.7. The molecule has 7 nitrogen and oxygen atoms in total. The van der Waals surface area contributed by atoms with E-state index in [1.54, 1.807) is 18.3 Å². The molecule has 3 N–H and O–H groups in total. The van der Waals surface area contributed by atoms with Crippen LogP contribution in [-0.2, 0) is 35.3 Å². The highest BCUT2D eigenvalue weighted by atomic mass is 32.2. The van der Waals surface area contributed by atoms with Crippen molar-refractivity contribution in [1.29, 1.82) is 0 Å². The standard InChI is InChI=1S/C23H28N4O3S/c1-3-19-15-24-23(25-19)21(14-18-7-10-20(11-8-18)27-31(29)30)26-22(28)12-9-17-6-4-5-16(2)13-17/h4-8,10-11,13,15,21,27H,3,9,12,14H2,1-2H3,(H,24,25)(H,26,28)(H,29,30)/p-1/t21-/m0/s1. The van der Waals surface area contributed by atoms with E-state index in [0.29, 0.717) is 30.8 Å². The van der Waals surface area contributed by atoms with Gasteiger partial charge >= 0.3 is 0 Å². The van der Waals surface area contributed by atoms with Crippen LogP contribution in [0.25, 0.3) is 0 Å². The fourth-order valence-electron chi connectivity index (χ4n) is 3.38. The summed E-state index contributed by atoms with van der Waals surface area (Å²) in [5.41, 5.74) is 4.77. The van der Waals surface area contributed by atoms with Crippen molar-refractivity contribution in [2.24, 2.45) is 0 Å². The van der Waals surface area contributed by atoms with Crippen LogP contribution in [-0.4, -0.2) is 24.6 Å². The summed E-state index contributed by atoms with van der Waals surface area (Å²) >= 11 is -2.36. The van der Waals surface area contributed by atoms with Crippen LogP contribution in [0.2, 0.25) is 0 Å². The van der Waals surface area contributed by atoms with Crippen molar-refractivity contribution in [1.82, 2.24) is 15.3 Å². The predicted octanol–water partition coefficient (Wildman–Crippen LogP) is 3.52. The lowest BCUT2D eigenvalue weighted by Crippen LogP contribution is -2.31. The van der Waals surface area contributed by atoms with E-state index in [4.69, 9.17) is 0 Å². The summed E-state index contributed by atoms with van der Waals surface area (Å²) in [4.78, 5) is 20.4. The highest BCUT2D eigenvalue weighted by molar-refractivity contribution is 7.80. The SMILES string of the molecule is CCc1cnc([C@H](Cc2ccc(NS(=O)[O-])cc2)NC(=O)CCc2cccc(C)c2)[nH]1. The van der Waals surface area contributed by atoms with Gasteiger partial charge in [-0.2, -0.15) is 0 Å². The van der Waals surface area contributed by atoms with Gasteiger partial charge in [0.2, 0.25) is 5.91 Å². The smallest absolute Gasteiger partial charge is 0.220 e. The molecule has 0 spiro atoms. The lowest BCUT2D eigenvalue weighted by Gasteiger charge is -2.18. The zero-order valence-corrected chi connectivity index (χ0v) is 18.5. The molecule has 1 unspecified atom stereocenters. The second-order valence-electron chi connectivity index (χ2n) is 7.49. The molecule has 8 heteroatoms. The number of aromatic nitrogens is 2. The number of anilines is 1. The monoisotopic (exact) mass is 439 g/mol. The molecular formula is C23H27N4O3S-. The zero-order chi connectivity index (χ0) is 22.2. The molecule has 0 saturated carbocycles. The topological polar surface area (TPSA) is 110 Å². The Morgan fingerprint density at radius 3 is 2.61 bits per heavy atom. The van der Waals surface area contributed by atoms with Crippen molar-refractivity contribution < 1.29 is 13.6 Å². The number of carbonyl (C=O) groups is 1. The van der Waals surface area contributed by atoms with Gasteiger partial charge in [0.15, 0.2) is 0 Å². The van der Waals surface area contributed by atoms with Gasteiger partial charge in [-0.3, -0.25) is 9.00 Å². The Labute approximate surface area is 185 Å². The van der Waals surface area contributed by atoms with E-state index in [-0.39, 0.29) is 11.9 Å². The lowest BCUT2D eigenvalue weighted by atomic mass is 10.0. The quantitative estimate of drug-likeness (QED) is 0.420. The molecule has 2 atom stereocenters. The third kappa shape index (κ3) is 7.04. The average Bonchev–Trinajstić information content (AvgIpc) is 3.22. The molecule has 0 fully saturated rings. The maximum atomic E-state index is 12.7. The van der Waals surface area contributed by atoms with Crippen molar-refractivity contribution in [2.45, 2.75) is 45.6 Å². The van der Waals surface area contributed by atoms with Crippen molar-refractivity contribution in [3.05, 3.63) is 82.9 Å². The molecule has 0 bridgehead atoms. The first-order chi connectivity index (χ1) is 14.9. The van der Waals surface area contributed by atoms with E-state index >= 15 is 0 Å². The average molecular weight is 440 g/mol. The number of aryl methyl sites for hydroxylation is 3. The first-order valence-corrected chi connectivity index (χ1v) is 11.3. The molecule has 0 aliphatic heterocycles. The number of nitrogens with one attached hydrogen (secondary N) is 3. The van der Waals surface area contributed by atoms with E-state index in [9.17, 15) is 13.6 Å². The molecule has 31 heavy (non-hydrogen) atoms. The number of rotatable bonds is 10.